The Morgan fingerprint density at radius 3 is 2.74 bits per heavy atom. The fourth-order valence-corrected chi connectivity index (χ4v) is 2.54. The van der Waals surface area contributed by atoms with E-state index in [-0.39, 0.29) is 11.7 Å². The van der Waals surface area contributed by atoms with Crippen LogP contribution in [0.2, 0.25) is 5.02 Å². The number of amides is 1. The minimum absolute atomic E-state index is 0.133. The molecule has 0 spiro atoms. The first kappa shape index (κ1) is 14.2. The molecule has 7 heteroatoms. The molecule has 0 aliphatic heterocycles. The molecule has 0 radical (unpaired) electrons. The summed E-state index contributed by atoms with van der Waals surface area (Å²) in [6, 6.07) is 4.86. The second-order valence-corrected chi connectivity index (χ2v) is 5.80. The van der Waals surface area contributed by atoms with Crippen molar-refractivity contribution in [1.82, 2.24) is 4.98 Å². The molecule has 2 aromatic rings. The van der Waals surface area contributed by atoms with Crippen molar-refractivity contribution in [2.45, 2.75) is 6.92 Å². The normalized spacial score (nSPS) is 10.3. The second-order valence-electron chi connectivity index (χ2n) is 3.68. The summed E-state index contributed by atoms with van der Waals surface area (Å²) in [6.45, 7) is 1.43. The monoisotopic (exact) mass is 358 g/mol. The number of benzene rings is 1. The maximum atomic E-state index is 12.0. The number of nitrogens with zero attached hydrogens (tertiary/aromatic N) is 1. The van der Waals surface area contributed by atoms with Gasteiger partial charge in [0.25, 0.3) is 5.91 Å². The van der Waals surface area contributed by atoms with Crippen LogP contribution in [-0.2, 0) is 0 Å². The van der Waals surface area contributed by atoms with Crippen molar-refractivity contribution >= 4 is 55.7 Å². The van der Waals surface area contributed by atoms with E-state index in [0.717, 1.165) is 0 Å². The van der Waals surface area contributed by atoms with E-state index in [1.807, 2.05) is 0 Å². The molecule has 0 saturated heterocycles. The van der Waals surface area contributed by atoms with Crippen LogP contribution in [0.15, 0.2) is 28.1 Å². The number of carbonyl (C=O) groups excluding carboxylic acids is 2. The molecule has 0 saturated carbocycles. The predicted octanol–water partition coefficient (Wildman–Crippen LogP) is 4.01. The lowest BCUT2D eigenvalue weighted by molar-refractivity contribution is 0.100. The number of aromatic nitrogens is 1. The van der Waals surface area contributed by atoms with E-state index < -0.39 is 0 Å². The zero-order valence-corrected chi connectivity index (χ0v) is 12.9. The van der Waals surface area contributed by atoms with Crippen LogP contribution < -0.4 is 5.32 Å². The SMILES string of the molecule is CC(=O)c1csc(NC(=O)c2ccc(Cl)c(Br)c2)n1. The highest BCUT2D eigenvalue weighted by molar-refractivity contribution is 9.10. The van der Waals surface area contributed by atoms with E-state index in [1.54, 1.807) is 23.6 Å². The molecule has 2 rings (SSSR count). The second kappa shape index (κ2) is 5.81. The molecule has 1 N–H and O–H groups in total. The predicted molar refractivity (Wildman–Crippen MR) is 79.2 cm³/mol. The zero-order chi connectivity index (χ0) is 14.0. The molecule has 98 valence electrons. The molecular weight excluding hydrogens is 352 g/mol. The molecule has 4 nitrogen and oxygen atoms in total. The van der Waals surface area contributed by atoms with Gasteiger partial charge in [0.15, 0.2) is 10.9 Å². The van der Waals surface area contributed by atoms with E-state index in [1.165, 1.54) is 18.3 Å². The molecule has 0 atom stereocenters. The number of nitrogens with one attached hydrogen (secondary N) is 1. The fourth-order valence-electron chi connectivity index (χ4n) is 1.30. The van der Waals surface area contributed by atoms with Crippen molar-refractivity contribution in [2.75, 3.05) is 5.32 Å². The number of ketones is 1. The number of hydrogen-bond acceptors (Lipinski definition) is 4. The zero-order valence-electron chi connectivity index (χ0n) is 9.74. The quantitative estimate of drug-likeness (QED) is 0.842. The highest BCUT2D eigenvalue weighted by atomic mass is 79.9. The average molecular weight is 360 g/mol. The number of hydrogen-bond donors (Lipinski definition) is 1. The largest absolute Gasteiger partial charge is 0.298 e. The Morgan fingerprint density at radius 2 is 2.16 bits per heavy atom. The number of carbonyl (C=O) groups is 2. The summed E-state index contributed by atoms with van der Waals surface area (Å²) >= 11 is 10.3. The van der Waals surface area contributed by atoms with Crippen LogP contribution in [0.4, 0.5) is 5.13 Å². The highest BCUT2D eigenvalue weighted by Crippen LogP contribution is 2.24. The van der Waals surface area contributed by atoms with Gasteiger partial charge in [-0.3, -0.25) is 14.9 Å². The molecule has 0 bridgehead atoms. The third-order valence-corrected chi connectivity index (χ3v) is 4.24. The molecule has 0 unspecified atom stereocenters. The van der Waals surface area contributed by atoms with Crippen LogP contribution in [0.5, 0.6) is 0 Å². The summed E-state index contributed by atoms with van der Waals surface area (Å²) in [5, 5.41) is 5.16. The maximum absolute atomic E-state index is 12.0. The van der Waals surface area contributed by atoms with Gasteiger partial charge in [-0.2, -0.15) is 0 Å². The molecular formula is C12H8BrClN2O2S. The Balaban J connectivity index is 2.15. The Labute approximate surface area is 126 Å². The highest BCUT2D eigenvalue weighted by Gasteiger charge is 2.11. The van der Waals surface area contributed by atoms with E-state index in [2.05, 4.69) is 26.2 Å². The standard InChI is InChI=1S/C12H8BrClN2O2S/c1-6(17)10-5-19-12(15-10)16-11(18)7-2-3-9(14)8(13)4-7/h2-5H,1H3,(H,15,16,18). The summed E-state index contributed by atoms with van der Waals surface area (Å²) in [7, 11) is 0. The molecule has 0 aliphatic carbocycles. The molecule has 1 aromatic heterocycles. The van der Waals surface area contributed by atoms with Crippen molar-refractivity contribution in [2.24, 2.45) is 0 Å². The minimum Gasteiger partial charge on any atom is -0.298 e. The number of anilines is 1. The van der Waals surface area contributed by atoms with Gasteiger partial charge in [0.1, 0.15) is 5.69 Å². The lowest BCUT2D eigenvalue weighted by atomic mass is 10.2. The minimum atomic E-state index is -0.304. The lowest BCUT2D eigenvalue weighted by Crippen LogP contribution is -2.11. The summed E-state index contributed by atoms with van der Waals surface area (Å²) in [4.78, 5) is 27.1. The van der Waals surface area contributed by atoms with E-state index in [9.17, 15) is 9.59 Å². The molecule has 0 aliphatic rings. The first-order valence-corrected chi connectivity index (χ1v) is 7.25. The van der Waals surface area contributed by atoms with Crippen LogP contribution >= 0.6 is 38.9 Å². The number of thiazole rings is 1. The van der Waals surface area contributed by atoms with Crippen molar-refractivity contribution in [3.05, 3.63) is 44.3 Å². The van der Waals surface area contributed by atoms with Gasteiger partial charge in [-0.15, -0.1) is 11.3 Å². The average Bonchev–Trinajstić information content (AvgIpc) is 2.81. The Morgan fingerprint density at radius 1 is 1.42 bits per heavy atom. The maximum Gasteiger partial charge on any atom is 0.257 e. The molecule has 19 heavy (non-hydrogen) atoms. The van der Waals surface area contributed by atoms with Gasteiger partial charge in [-0.1, -0.05) is 11.6 Å². The van der Waals surface area contributed by atoms with Crippen molar-refractivity contribution in [1.29, 1.82) is 0 Å². The third-order valence-electron chi connectivity index (χ3n) is 2.27. The van der Waals surface area contributed by atoms with E-state index in [4.69, 9.17) is 11.6 Å². The van der Waals surface area contributed by atoms with E-state index >= 15 is 0 Å². The van der Waals surface area contributed by atoms with Gasteiger partial charge in [-0.05, 0) is 34.1 Å². The van der Waals surface area contributed by atoms with Crippen molar-refractivity contribution in [3.63, 3.8) is 0 Å². The Kier molecular flexibility index (Phi) is 4.34. The third kappa shape index (κ3) is 3.40. The van der Waals surface area contributed by atoms with Gasteiger partial charge in [0.2, 0.25) is 0 Å². The van der Waals surface area contributed by atoms with Gasteiger partial charge < -0.3 is 0 Å². The number of Topliss-reactive ketones (excluding diaryl/α,β-unsaturated/α-hetero) is 1. The lowest BCUT2D eigenvalue weighted by Gasteiger charge is -2.03. The van der Waals surface area contributed by atoms with Crippen LogP contribution in [0.3, 0.4) is 0 Å². The summed E-state index contributed by atoms with van der Waals surface area (Å²) < 4.78 is 0.644. The van der Waals surface area contributed by atoms with Gasteiger partial charge in [0.05, 0.1) is 5.02 Å². The van der Waals surface area contributed by atoms with E-state index in [0.29, 0.717) is 25.9 Å². The first-order chi connectivity index (χ1) is 8.97. The first-order valence-electron chi connectivity index (χ1n) is 5.20. The van der Waals surface area contributed by atoms with Crippen LogP contribution in [0.1, 0.15) is 27.8 Å². The molecule has 1 amide bonds. The summed E-state index contributed by atoms with van der Waals surface area (Å²) in [6.07, 6.45) is 0. The Bertz CT molecular complexity index is 657. The molecule has 0 fully saturated rings. The summed E-state index contributed by atoms with van der Waals surface area (Å²) in [5.41, 5.74) is 0.799. The topological polar surface area (TPSA) is 59.1 Å². The molecule has 1 aromatic carbocycles. The summed E-state index contributed by atoms with van der Waals surface area (Å²) in [5.74, 6) is -0.437. The van der Waals surface area contributed by atoms with Crippen molar-refractivity contribution < 1.29 is 9.59 Å². The van der Waals surface area contributed by atoms with Gasteiger partial charge in [0, 0.05) is 22.3 Å². The van der Waals surface area contributed by atoms with Gasteiger partial charge >= 0.3 is 0 Å². The number of halogens is 2. The van der Waals surface area contributed by atoms with Crippen molar-refractivity contribution in [3.8, 4) is 0 Å². The Hall–Kier alpha value is -1.24. The van der Waals surface area contributed by atoms with Crippen LogP contribution in [0.25, 0.3) is 0 Å². The number of rotatable bonds is 3. The van der Waals surface area contributed by atoms with Crippen LogP contribution in [0, 0.1) is 0 Å². The molecule has 1 heterocycles. The fraction of sp³-hybridized carbons (Fsp3) is 0.0833. The van der Waals surface area contributed by atoms with Gasteiger partial charge in [-0.25, -0.2) is 4.98 Å². The van der Waals surface area contributed by atoms with Crippen LogP contribution in [-0.4, -0.2) is 16.7 Å². The smallest absolute Gasteiger partial charge is 0.257 e.